The first kappa shape index (κ1) is 41.1. The van der Waals surface area contributed by atoms with Crippen molar-refractivity contribution in [1.29, 1.82) is 0 Å². The molecule has 0 bridgehead atoms. The summed E-state index contributed by atoms with van der Waals surface area (Å²) in [6.45, 7) is 10.9. The van der Waals surface area contributed by atoms with E-state index in [2.05, 4.69) is 105 Å². The highest BCUT2D eigenvalue weighted by Crippen LogP contribution is 2.33. The maximum Gasteiger partial charge on any atom is 0.333 e. The Morgan fingerprint density at radius 2 is 0.933 bits per heavy atom. The van der Waals surface area contributed by atoms with E-state index < -0.39 is 23.4 Å². The van der Waals surface area contributed by atoms with E-state index in [-0.39, 0.29) is 0 Å². The molecule has 0 saturated carbocycles. The summed E-state index contributed by atoms with van der Waals surface area (Å²) in [7, 11) is 0. The summed E-state index contributed by atoms with van der Waals surface area (Å²) in [5.41, 5.74) is 1.97. The molecule has 0 amide bonds. The van der Waals surface area contributed by atoms with Crippen LogP contribution in [-0.2, 0) is 43.6 Å². The minimum Gasteiger partial charge on any atom is -0.437 e. The lowest BCUT2D eigenvalue weighted by Crippen LogP contribution is -2.46. The van der Waals surface area contributed by atoms with Crippen molar-refractivity contribution in [2.45, 2.75) is 51.2 Å². The molecule has 2 saturated heterocycles. The third-order valence-corrected chi connectivity index (χ3v) is 12.3. The van der Waals surface area contributed by atoms with Crippen LogP contribution in [0.1, 0.15) is 48.9 Å². The average Bonchev–Trinajstić information content (AvgIpc) is 3.93. The van der Waals surface area contributed by atoms with Crippen molar-refractivity contribution in [3.05, 3.63) is 180 Å². The van der Waals surface area contributed by atoms with Gasteiger partial charge in [0.25, 0.3) is 0 Å². The fraction of sp³-hybridized carbons (Fsp3) is 0.308. The van der Waals surface area contributed by atoms with Gasteiger partial charge >= 0.3 is 11.9 Å². The van der Waals surface area contributed by atoms with Crippen LogP contribution in [-0.4, -0.2) is 61.0 Å². The van der Waals surface area contributed by atoms with Crippen LogP contribution in [0.2, 0.25) is 0 Å². The molecule has 6 aromatic rings. The number of nitrogens with one attached hydrogen (secondary N) is 2. The van der Waals surface area contributed by atoms with Crippen LogP contribution in [0.5, 0.6) is 0 Å². The SMILES string of the molecule is C[C@@](NC[C@H]1CCN(Cc2ccccc2)C1)(OC(=O)/C=C/C(=O)O[C@@](C)(NC[C@H]1CCN(Cc2ccccc2)C1)c1cccc2ccccc12)c1cccc2ccccc12. The summed E-state index contributed by atoms with van der Waals surface area (Å²) in [5, 5.41) is 11.4. The molecule has 0 aromatic heterocycles. The Morgan fingerprint density at radius 3 is 1.37 bits per heavy atom. The Balaban J connectivity index is 0.965. The van der Waals surface area contributed by atoms with Crippen LogP contribution in [0.4, 0.5) is 0 Å². The van der Waals surface area contributed by atoms with Crippen molar-refractivity contribution in [3.63, 3.8) is 0 Å². The first-order valence-corrected chi connectivity index (χ1v) is 21.4. The minimum absolute atomic E-state index is 0.377. The van der Waals surface area contributed by atoms with Crippen LogP contribution in [0.25, 0.3) is 21.5 Å². The number of esters is 2. The number of fused-ring (bicyclic) bond motifs is 2. The van der Waals surface area contributed by atoms with Crippen molar-refractivity contribution in [2.75, 3.05) is 39.3 Å². The van der Waals surface area contributed by atoms with Gasteiger partial charge in [-0.05, 0) is 84.3 Å². The Hall–Kier alpha value is -5.64. The van der Waals surface area contributed by atoms with E-state index in [0.29, 0.717) is 24.9 Å². The topological polar surface area (TPSA) is 83.1 Å². The summed E-state index contributed by atoms with van der Waals surface area (Å²) in [5.74, 6) is -0.530. The Kier molecular flexibility index (Phi) is 12.8. The van der Waals surface area contributed by atoms with Gasteiger partial charge in [0.1, 0.15) is 0 Å². The standard InChI is InChI=1S/C52H56N4O4/c1-51(47-25-13-21-43-19-9-11-23-45(43)47,53-33-41-29-31-55(37-41)35-39-15-5-3-6-16-39)59-49(57)27-28-50(58)60-52(2,48-26-14-22-44-20-10-12-24-46(44)48)54-34-42-30-32-56(38-42)36-40-17-7-4-8-18-40/h3-28,41-42,53-54H,29-38H2,1-2H3/b28-27+/t41-,42-,51-,52-/m1/s1. The van der Waals surface area contributed by atoms with Gasteiger partial charge in [0.2, 0.25) is 0 Å². The molecular formula is C52H56N4O4. The number of carbonyl (C=O) groups excluding carboxylic acids is 2. The third-order valence-electron chi connectivity index (χ3n) is 12.3. The molecule has 2 fully saturated rings. The van der Waals surface area contributed by atoms with E-state index in [1.54, 1.807) is 0 Å². The zero-order valence-electron chi connectivity index (χ0n) is 34.8. The van der Waals surface area contributed by atoms with Gasteiger partial charge in [-0.15, -0.1) is 0 Å². The highest BCUT2D eigenvalue weighted by molar-refractivity contribution is 5.93. The summed E-state index contributed by atoms with van der Waals surface area (Å²) >= 11 is 0. The summed E-state index contributed by atoms with van der Waals surface area (Å²) < 4.78 is 12.7. The van der Waals surface area contributed by atoms with Gasteiger partial charge in [0.05, 0.1) is 0 Å². The average molecular weight is 801 g/mol. The molecule has 0 aliphatic carbocycles. The zero-order chi connectivity index (χ0) is 41.4. The number of hydrogen-bond acceptors (Lipinski definition) is 8. The van der Waals surface area contributed by atoms with Crippen LogP contribution in [0, 0.1) is 11.8 Å². The Bertz CT molecular complexity index is 2240. The van der Waals surface area contributed by atoms with Crippen molar-refractivity contribution >= 4 is 33.5 Å². The van der Waals surface area contributed by atoms with Gasteiger partial charge in [-0.25, -0.2) is 9.59 Å². The predicted octanol–water partition coefficient (Wildman–Crippen LogP) is 8.90. The monoisotopic (exact) mass is 800 g/mol. The lowest BCUT2D eigenvalue weighted by Gasteiger charge is -2.33. The fourth-order valence-corrected chi connectivity index (χ4v) is 9.07. The Labute approximate surface area is 354 Å². The van der Waals surface area contributed by atoms with Crippen molar-refractivity contribution < 1.29 is 19.1 Å². The van der Waals surface area contributed by atoms with Gasteiger partial charge < -0.3 is 9.47 Å². The summed E-state index contributed by atoms with van der Waals surface area (Å²) in [6, 6.07) is 49.4. The number of likely N-dealkylation sites (tertiary alicyclic amines) is 2. The van der Waals surface area contributed by atoms with Gasteiger partial charge in [0.15, 0.2) is 11.4 Å². The van der Waals surface area contributed by atoms with Crippen molar-refractivity contribution in [3.8, 4) is 0 Å². The highest BCUT2D eigenvalue weighted by atomic mass is 16.6. The van der Waals surface area contributed by atoms with Gasteiger partial charge in [-0.1, -0.05) is 146 Å². The molecule has 2 aliphatic rings. The molecule has 0 radical (unpaired) electrons. The quantitative estimate of drug-likeness (QED) is 0.0571. The van der Waals surface area contributed by atoms with E-state index in [1.807, 2.05) is 74.5 Å². The number of hydrogen-bond donors (Lipinski definition) is 2. The van der Waals surface area contributed by atoms with Crippen LogP contribution in [0.15, 0.2) is 158 Å². The van der Waals surface area contributed by atoms with Crippen LogP contribution < -0.4 is 10.6 Å². The third kappa shape index (κ3) is 10.0. The first-order chi connectivity index (χ1) is 29.2. The van der Waals surface area contributed by atoms with E-state index in [9.17, 15) is 9.59 Å². The number of nitrogens with zero attached hydrogens (tertiary/aromatic N) is 2. The molecular weight excluding hydrogens is 745 g/mol. The number of benzene rings is 6. The Morgan fingerprint density at radius 1 is 0.550 bits per heavy atom. The smallest absolute Gasteiger partial charge is 0.333 e. The molecule has 60 heavy (non-hydrogen) atoms. The molecule has 8 rings (SSSR count). The molecule has 308 valence electrons. The highest BCUT2D eigenvalue weighted by Gasteiger charge is 2.36. The first-order valence-electron chi connectivity index (χ1n) is 21.4. The molecule has 2 N–H and O–H groups in total. The lowest BCUT2D eigenvalue weighted by atomic mass is 9.96. The van der Waals surface area contributed by atoms with E-state index in [0.717, 1.165) is 84.8 Å². The van der Waals surface area contributed by atoms with Crippen molar-refractivity contribution in [1.82, 2.24) is 20.4 Å². The number of ether oxygens (including phenoxy) is 2. The maximum absolute atomic E-state index is 13.8. The lowest BCUT2D eigenvalue weighted by molar-refractivity contribution is -0.159. The molecule has 0 unspecified atom stereocenters. The van der Waals surface area contributed by atoms with E-state index in [4.69, 9.17) is 9.47 Å². The second kappa shape index (κ2) is 18.7. The zero-order valence-corrected chi connectivity index (χ0v) is 34.8. The molecule has 4 atom stereocenters. The van der Waals surface area contributed by atoms with Crippen LogP contribution >= 0.6 is 0 Å². The second-order valence-electron chi connectivity index (χ2n) is 16.8. The molecule has 0 spiro atoms. The predicted molar refractivity (Wildman–Crippen MR) is 240 cm³/mol. The van der Waals surface area contributed by atoms with Crippen LogP contribution in [0.3, 0.4) is 0 Å². The summed E-state index contributed by atoms with van der Waals surface area (Å²) in [6.07, 6.45) is 4.46. The van der Waals surface area contributed by atoms with Gasteiger partial charge in [0, 0.05) is 62.5 Å². The molecule has 2 heterocycles. The maximum atomic E-state index is 13.8. The second-order valence-corrected chi connectivity index (χ2v) is 16.8. The summed E-state index contributed by atoms with van der Waals surface area (Å²) in [4.78, 5) is 32.6. The fourth-order valence-electron chi connectivity index (χ4n) is 9.07. The normalized spacial score (nSPS) is 19.4. The van der Waals surface area contributed by atoms with E-state index in [1.165, 1.54) is 23.3 Å². The molecule has 8 nitrogen and oxygen atoms in total. The van der Waals surface area contributed by atoms with E-state index >= 15 is 0 Å². The van der Waals surface area contributed by atoms with Gasteiger partial charge in [-0.2, -0.15) is 0 Å². The minimum atomic E-state index is -1.17. The molecule has 6 aromatic carbocycles. The molecule has 8 heteroatoms. The molecule has 2 aliphatic heterocycles. The largest absolute Gasteiger partial charge is 0.437 e. The number of carbonyl (C=O) groups is 2. The number of rotatable bonds is 16. The van der Waals surface area contributed by atoms with Gasteiger partial charge in [-0.3, -0.25) is 20.4 Å². The van der Waals surface area contributed by atoms with Crippen molar-refractivity contribution in [2.24, 2.45) is 11.8 Å².